The smallest absolute Gasteiger partial charge is 0.410 e. The lowest BCUT2D eigenvalue weighted by atomic mass is 10.2. The molecule has 0 fully saturated rings. The highest BCUT2D eigenvalue weighted by Gasteiger charge is 2.24. The molecule has 0 saturated heterocycles. The molecule has 0 saturated carbocycles. The minimum atomic E-state index is -0.478. The number of hydrogen-bond acceptors (Lipinski definition) is 2. The van der Waals surface area contributed by atoms with Gasteiger partial charge in [0, 0.05) is 14.1 Å². The van der Waals surface area contributed by atoms with E-state index >= 15 is 0 Å². The Balaban J connectivity index is 2.93. The molecule has 3 nitrogen and oxygen atoms in total. The van der Waals surface area contributed by atoms with Gasteiger partial charge in [0.1, 0.15) is 5.60 Å². The van der Waals surface area contributed by atoms with E-state index in [1.807, 2.05) is 52.8 Å². The van der Waals surface area contributed by atoms with E-state index in [2.05, 4.69) is 38.5 Å². The first-order valence-electron chi connectivity index (χ1n) is 6.53. The maximum absolute atomic E-state index is 12.3. The van der Waals surface area contributed by atoms with Gasteiger partial charge in [0.2, 0.25) is 0 Å². The molecule has 1 aromatic rings. The van der Waals surface area contributed by atoms with Crippen molar-refractivity contribution in [3.8, 4) is 0 Å². The predicted molar refractivity (Wildman–Crippen MR) is 93.8 cm³/mol. The molecule has 0 N–H and O–H groups in total. The molecule has 0 aliphatic rings. The number of benzene rings is 1. The van der Waals surface area contributed by atoms with Gasteiger partial charge in [0.05, 0.1) is 6.54 Å². The summed E-state index contributed by atoms with van der Waals surface area (Å²) in [5, 5.41) is 0. The van der Waals surface area contributed by atoms with Crippen molar-refractivity contribution in [3.63, 3.8) is 0 Å². The zero-order valence-electron chi connectivity index (χ0n) is 12.5. The highest BCUT2D eigenvalue weighted by atomic mass is 127. The topological polar surface area (TPSA) is 29.5 Å². The Morgan fingerprint density at radius 3 is 2.50 bits per heavy atom. The summed E-state index contributed by atoms with van der Waals surface area (Å²) in [5.41, 5.74) is 0.633. The van der Waals surface area contributed by atoms with Crippen LogP contribution in [0.5, 0.6) is 0 Å². The van der Waals surface area contributed by atoms with Gasteiger partial charge < -0.3 is 9.64 Å². The van der Waals surface area contributed by atoms with Gasteiger partial charge in [-0.2, -0.15) is 0 Å². The summed E-state index contributed by atoms with van der Waals surface area (Å²) in [6.45, 7) is 10.2. The summed E-state index contributed by atoms with van der Waals surface area (Å²) in [6, 6.07) is 6.16. The molecule has 1 amide bonds. The fraction of sp³-hybridized carbons (Fsp3) is 0.533. The van der Waals surface area contributed by atoms with E-state index in [0.29, 0.717) is 6.54 Å². The van der Waals surface area contributed by atoms with E-state index in [1.165, 1.54) is 0 Å². The van der Waals surface area contributed by atoms with Crippen molar-refractivity contribution in [2.45, 2.75) is 52.8 Å². The minimum Gasteiger partial charge on any atom is -0.444 e. The van der Waals surface area contributed by atoms with Crippen LogP contribution in [0.2, 0.25) is 0 Å². The summed E-state index contributed by atoms with van der Waals surface area (Å²) in [4.78, 5) is 14.0. The zero-order valence-corrected chi connectivity index (χ0v) is 16.3. The van der Waals surface area contributed by atoms with E-state index in [0.717, 1.165) is 13.6 Å². The lowest BCUT2D eigenvalue weighted by Gasteiger charge is -2.30. The van der Waals surface area contributed by atoms with E-state index in [1.54, 1.807) is 4.90 Å². The zero-order chi connectivity index (χ0) is 15.5. The summed E-state index contributed by atoms with van der Waals surface area (Å²) < 4.78 is 7.63. The molecular formula is C15H21BrINO2. The van der Waals surface area contributed by atoms with Crippen LogP contribution in [0, 0.1) is 3.57 Å². The first kappa shape index (κ1) is 17.8. The van der Waals surface area contributed by atoms with Crippen molar-refractivity contribution < 1.29 is 9.53 Å². The number of nitrogens with zero attached hydrogens (tertiary/aromatic N) is 1. The number of halogens is 2. The third kappa shape index (κ3) is 5.60. The van der Waals surface area contributed by atoms with Gasteiger partial charge in [0.25, 0.3) is 0 Å². The fourth-order valence-electron chi connectivity index (χ4n) is 1.63. The Kier molecular flexibility index (Phi) is 6.31. The number of rotatable bonds is 3. The largest absolute Gasteiger partial charge is 0.444 e. The molecule has 0 aromatic heterocycles. The fourth-order valence-corrected chi connectivity index (χ4v) is 2.54. The summed E-state index contributed by atoms with van der Waals surface area (Å²) >= 11 is 5.76. The van der Waals surface area contributed by atoms with Crippen molar-refractivity contribution >= 4 is 44.6 Å². The maximum atomic E-state index is 12.3. The minimum absolute atomic E-state index is 0.0830. The third-order valence-electron chi connectivity index (χ3n) is 2.60. The van der Waals surface area contributed by atoms with Gasteiger partial charge in [-0.15, -0.1) is 0 Å². The molecule has 0 atom stereocenters. The maximum Gasteiger partial charge on any atom is 0.410 e. The summed E-state index contributed by atoms with van der Waals surface area (Å²) in [6.07, 6.45) is -0.275. The molecule has 1 aromatic carbocycles. The van der Waals surface area contributed by atoms with E-state index in [4.69, 9.17) is 4.74 Å². The van der Waals surface area contributed by atoms with Gasteiger partial charge in [-0.25, -0.2) is 4.79 Å². The lowest BCUT2D eigenvalue weighted by Crippen LogP contribution is -2.40. The molecule has 1 rings (SSSR count). The van der Waals surface area contributed by atoms with Crippen LogP contribution in [0.1, 0.15) is 40.2 Å². The van der Waals surface area contributed by atoms with Crippen molar-refractivity contribution in [1.82, 2.24) is 4.90 Å². The van der Waals surface area contributed by atoms with Gasteiger partial charge in [-0.05, 0) is 81.0 Å². The number of carbonyl (C=O) groups excluding carboxylic acids is 1. The van der Waals surface area contributed by atoms with Crippen LogP contribution in [-0.2, 0) is 11.3 Å². The van der Waals surface area contributed by atoms with Crippen LogP contribution < -0.4 is 0 Å². The molecule has 5 heteroatoms. The highest BCUT2D eigenvalue weighted by Crippen LogP contribution is 2.22. The SMILES string of the molecule is CC(C)N(Cc1cc(Br)ccc1I)C(=O)OC(C)(C)C. The molecule has 0 spiro atoms. The quantitative estimate of drug-likeness (QED) is 0.588. The predicted octanol–water partition coefficient (Wildman–Crippen LogP) is 5.20. The molecule has 0 heterocycles. The third-order valence-corrected chi connectivity index (χ3v) is 4.15. The standard InChI is InChI=1S/C15H21BrINO2/c1-10(2)18(14(19)20-15(3,4)5)9-11-8-12(16)6-7-13(11)17/h6-8,10H,9H2,1-5H3. The second-order valence-electron chi connectivity index (χ2n) is 5.94. The molecule has 0 aliphatic heterocycles. The Morgan fingerprint density at radius 1 is 1.40 bits per heavy atom. The average Bonchev–Trinajstić information content (AvgIpc) is 2.27. The molecule has 20 heavy (non-hydrogen) atoms. The lowest BCUT2D eigenvalue weighted by molar-refractivity contribution is 0.0171. The van der Waals surface area contributed by atoms with Gasteiger partial charge in [0.15, 0.2) is 0 Å². The molecular weight excluding hydrogens is 433 g/mol. The van der Waals surface area contributed by atoms with Crippen LogP contribution in [-0.4, -0.2) is 22.6 Å². The monoisotopic (exact) mass is 453 g/mol. The Labute approximate surface area is 143 Å². The molecule has 0 aliphatic carbocycles. The van der Waals surface area contributed by atoms with Crippen molar-refractivity contribution in [1.29, 1.82) is 0 Å². The molecule has 0 bridgehead atoms. The first-order valence-corrected chi connectivity index (χ1v) is 8.41. The van der Waals surface area contributed by atoms with Gasteiger partial charge >= 0.3 is 6.09 Å². The summed E-state index contributed by atoms with van der Waals surface area (Å²) in [5.74, 6) is 0. The number of amides is 1. The van der Waals surface area contributed by atoms with Crippen LogP contribution in [0.15, 0.2) is 22.7 Å². The molecule has 0 radical (unpaired) electrons. The first-order chi connectivity index (χ1) is 9.10. The summed E-state index contributed by atoms with van der Waals surface area (Å²) in [7, 11) is 0. The number of carbonyl (C=O) groups is 1. The molecule has 0 unspecified atom stereocenters. The average molecular weight is 454 g/mol. The Bertz CT molecular complexity index is 483. The van der Waals surface area contributed by atoms with Crippen molar-refractivity contribution in [2.24, 2.45) is 0 Å². The van der Waals surface area contributed by atoms with Crippen LogP contribution in [0.25, 0.3) is 0 Å². The van der Waals surface area contributed by atoms with Crippen LogP contribution in [0.3, 0.4) is 0 Å². The van der Waals surface area contributed by atoms with E-state index in [9.17, 15) is 4.79 Å². The highest BCUT2D eigenvalue weighted by molar-refractivity contribution is 14.1. The second kappa shape index (κ2) is 7.11. The number of ether oxygens (including phenoxy) is 1. The normalized spacial score (nSPS) is 11.6. The second-order valence-corrected chi connectivity index (χ2v) is 8.02. The number of hydrogen-bond donors (Lipinski definition) is 0. The van der Waals surface area contributed by atoms with E-state index < -0.39 is 5.60 Å². The van der Waals surface area contributed by atoms with Crippen LogP contribution in [0.4, 0.5) is 4.79 Å². The van der Waals surface area contributed by atoms with Gasteiger partial charge in [-0.1, -0.05) is 15.9 Å². The van der Waals surface area contributed by atoms with Crippen LogP contribution >= 0.6 is 38.5 Å². The van der Waals surface area contributed by atoms with Crippen molar-refractivity contribution in [3.05, 3.63) is 31.8 Å². The Morgan fingerprint density at radius 2 is 2.00 bits per heavy atom. The van der Waals surface area contributed by atoms with Gasteiger partial charge in [-0.3, -0.25) is 0 Å². The molecule has 112 valence electrons. The van der Waals surface area contributed by atoms with Crippen molar-refractivity contribution in [2.75, 3.05) is 0 Å². The van der Waals surface area contributed by atoms with E-state index in [-0.39, 0.29) is 12.1 Å². The Hall–Kier alpha value is -0.300.